The Hall–Kier alpha value is -1.75. The zero-order valence-corrected chi connectivity index (χ0v) is 10.4. The van der Waals surface area contributed by atoms with E-state index in [9.17, 15) is 0 Å². The van der Waals surface area contributed by atoms with Crippen LogP contribution in [0.5, 0.6) is 0 Å². The van der Waals surface area contributed by atoms with E-state index in [0.717, 1.165) is 11.3 Å². The summed E-state index contributed by atoms with van der Waals surface area (Å²) in [6.07, 6.45) is 1.67. The van der Waals surface area contributed by atoms with Gasteiger partial charge in [-0.1, -0.05) is 11.6 Å². The van der Waals surface area contributed by atoms with Crippen molar-refractivity contribution in [3.63, 3.8) is 0 Å². The Morgan fingerprint density at radius 2 is 2.24 bits per heavy atom. The largest absolute Gasteiger partial charge is 0.469 e. The van der Waals surface area contributed by atoms with Gasteiger partial charge >= 0.3 is 0 Å². The molecule has 5 nitrogen and oxygen atoms in total. The molecule has 0 amide bonds. The van der Waals surface area contributed by atoms with Crippen molar-refractivity contribution in [2.75, 3.05) is 17.7 Å². The van der Waals surface area contributed by atoms with Crippen LogP contribution in [0, 0.1) is 6.92 Å². The van der Waals surface area contributed by atoms with Crippen molar-refractivity contribution in [2.24, 2.45) is 0 Å². The lowest BCUT2D eigenvalue weighted by Gasteiger charge is -2.17. The number of rotatable bonds is 3. The number of nitrogen functional groups attached to an aromatic ring is 1. The number of halogens is 1. The van der Waals surface area contributed by atoms with Gasteiger partial charge in [-0.2, -0.15) is 4.98 Å². The van der Waals surface area contributed by atoms with Crippen molar-refractivity contribution in [1.82, 2.24) is 9.97 Å². The Morgan fingerprint density at radius 1 is 1.47 bits per heavy atom. The summed E-state index contributed by atoms with van der Waals surface area (Å²) in [6.45, 7) is 2.60. The average Bonchev–Trinajstić information content (AvgIpc) is 2.63. The van der Waals surface area contributed by atoms with E-state index in [2.05, 4.69) is 9.97 Å². The second-order valence-electron chi connectivity index (χ2n) is 3.77. The molecule has 2 heterocycles. The van der Waals surface area contributed by atoms with Gasteiger partial charge < -0.3 is 15.1 Å². The molecule has 6 heteroatoms. The molecule has 0 aliphatic carbocycles. The molecule has 2 N–H and O–H groups in total. The minimum absolute atomic E-state index is 0.170. The minimum Gasteiger partial charge on any atom is -0.469 e. The third-order valence-corrected chi connectivity index (χ3v) is 2.66. The maximum absolute atomic E-state index is 5.83. The normalized spacial score (nSPS) is 10.5. The fourth-order valence-corrected chi connectivity index (χ4v) is 1.71. The highest BCUT2D eigenvalue weighted by atomic mass is 35.5. The molecule has 2 aromatic rings. The van der Waals surface area contributed by atoms with Crippen LogP contribution in [0.4, 0.5) is 11.8 Å². The summed E-state index contributed by atoms with van der Waals surface area (Å²) in [7, 11) is 1.91. The first-order valence-corrected chi connectivity index (χ1v) is 5.48. The molecule has 0 bridgehead atoms. The lowest BCUT2D eigenvalue weighted by molar-refractivity contribution is 0.529. The molecular weight excluding hydrogens is 240 g/mol. The van der Waals surface area contributed by atoms with Crippen molar-refractivity contribution < 1.29 is 4.42 Å². The van der Waals surface area contributed by atoms with E-state index in [0.29, 0.717) is 17.5 Å². The van der Waals surface area contributed by atoms with Crippen molar-refractivity contribution in [2.45, 2.75) is 13.5 Å². The molecule has 0 radical (unpaired) electrons. The number of nitrogens with zero attached hydrogens (tertiary/aromatic N) is 3. The topological polar surface area (TPSA) is 68.2 Å². The summed E-state index contributed by atoms with van der Waals surface area (Å²) in [5, 5.41) is 0.336. The third kappa shape index (κ3) is 2.68. The SMILES string of the molecule is Cc1occc1CN(C)c1cc(Cl)nc(N)n1. The van der Waals surface area contributed by atoms with Gasteiger partial charge in [-0.05, 0) is 13.0 Å². The van der Waals surface area contributed by atoms with E-state index in [1.54, 1.807) is 12.3 Å². The molecule has 2 aromatic heterocycles. The summed E-state index contributed by atoms with van der Waals surface area (Å²) >= 11 is 5.83. The molecule has 2 rings (SSSR count). The van der Waals surface area contributed by atoms with Crippen LogP contribution < -0.4 is 10.6 Å². The van der Waals surface area contributed by atoms with Gasteiger partial charge in [-0.25, -0.2) is 4.98 Å². The quantitative estimate of drug-likeness (QED) is 0.849. The molecule has 0 aromatic carbocycles. The third-order valence-electron chi connectivity index (χ3n) is 2.46. The zero-order valence-electron chi connectivity index (χ0n) is 9.64. The molecule has 0 saturated carbocycles. The average molecular weight is 253 g/mol. The molecule has 0 fully saturated rings. The van der Waals surface area contributed by atoms with Crippen LogP contribution in [0.3, 0.4) is 0 Å². The lowest BCUT2D eigenvalue weighted by atomic mass is 10.2. The number of nitrogens with two attached hydrogens (primary N) is 1. The molecule has 0 spiro atoms. The van der Waals surface area contributed by atoms with Crippen LogP contribution in [-0.4, -0.2) is 17.0 Å². The summed E-state index contributed by atoms with van der Waals surface area (Å²) in [6, 6.07) is 3.60. The standard InChI is InChI=1S/C11H13ClN4O/c1-7-8(3-4-17-7)6-16(2)10-5-9(12)14-11(13)15-10/h3-5H,6H2,1-2H3,(H2,13,14,15). The van der Waals surface area contributed by atoms with Crippen LogP contribution in [0.2, 0.25) is 5.15 Å². The van der Waals surface area contributed by atoms with Gasteiger partial charge in [-0.3, -0.25) is 0 Å². The van der Waals surface area contributed by atoms with Gasteiger partial charge in [0.25, 0.3) is 0 Å². The maximum Gasteiger partial charge on any atom is 0.223 e. The van der Waals surface area contributed by atoms with Gasteiger partial charge in [0.1, 0.15) is 16.7 Å². The van der Waals surface area contributed by atoms with Crippen LogP contribution in [0.25, 0.3) is 0 Å². The van der Waals surface area contributed by atoms with Crippen molar-refractivity contribution >= 4 is 23.4 Å². The summed E-state index contributed by atoms with van der Waals surface area (Å²) in [4.78, 5) is 9.87. The highest BCUT2D eigenvalue weighted by Gasteiger charge is 2.09. The predicted octanol–water partition coefficient (Wildman–Crippen LogP) is 2.25. The molecule has 0 unspecified atom stereocenters. The molecule has 0 aliphatic rings. The number of anilines is 2. The maximum atomic E-state index is 5.83. The molecule has 90 valence electrons. The Labute approximate surface area is 104 Å². The predicted molar refractivity (Wildman–Crippen MR) is 67.0 cm³/mol. The van der Waals surface area contributed by atoms with Gasteiger partial charge in [0, 0.05) is 25.2 Å². The van der Waals surface area contributed by atoms with Gasteiger partial charge in [0.2, 0.25) is 5.95 Å². The van der Waals surface area contributed by atoms with Crippen LogP contribution in [0.15, 0.2) is 22.8 Å². The summed E-state index contributed by atoms with van der Waals surface area (Å²) in [5.41, 5.74) is 6.65. The van der Waals surface area contributed by atoms with Crippen LogP contribution in [-0.2, 0) is 6.54 Å². The first kappa shape index (κ1) is 11.7. The summed E-state index contributed by atoms with van der Waals surface area (Å²) < 4.78 is 5.24. The van der Waals surface area contributed by atoms with Crippen molar-refractivity contribution in [1.29, 1.82) is 0 Å². The Kier molecular flexibility index (Phi) is 3.19. The van der Waals surface area contributed by atoms with Gasteiger partial charge in [0.15, 0.2) is 0 Å². The summed E-state index contributed by atoms with van der Waals surface area (Å²) in [5.74, 6) is 1.75. The van der Waals surface area contributed by atoms with E-state index in [1.807, 2.05) is 24.9 Å². The monoisotopic (exact) mass is 252 g/mol. The van der Waals surface area contributed by atoms with E-state index in [4.69, 9.17) is 21.8 Å². The Morgan fingerprint density at radius 3 is 2.82 bits per heavy atom. The first-order chi connectivity index (χ1) is 8.06. The van der Waals surface area contributed by atoms with E-state index in [-0.39, 0.29) is 5.95 Å². The first-order valence-electron chi connectivity index (χ1n) is 5.10. The molecule has 0 saturated heterocycles. The highest BCUT2D eigenvalue weighted by molar-refractivity contribution is 6.29. The number of hydrogen-bond donors (Lipinski definition) is 1. The van der Waals surface area contributed by atoms with E-state index in [1.165, 1.54) is 0 Å². The van der Waals surface area contributed by atoms with Gasteiger partial charge in [0.05, 0.1) is 6.26 Å². The number of hydrogen-bond acceptors (Lipinski definition) is 5. The fraction of sp³-hybridized carbons (Fsp3) is 0.273. The Balaban J connectivity index is 2.20. The fourth-order valence-electron chi connectivity index (χ4n) is 1.53. The van der Waals surface area contributed by atoms with Gasteiger partial charge in [-0.15, -0.1) is 0 Å². The highest BCUT2D eigenvalue weighted by Crippen LogP contribution is 2.19. The lowest BCUT2D eigenvalue weighted by Crippen LogP contribution is -2.18. The minimum atomic E-state index is 0.170. The van der Waals surface area contributed by atoms with Crippen LogP contribution >= 0.6 is 11.6 Å². The zero-order chi connectivity index (χ0) is 12.4. The van der Waals surface area contributed by atoms with E-state index < -0.39 is 0 Å². The second kappa shape index (κ2) is 4.63. The van der Waals surface area contributed by atoms with E-state index >= 15 is 0 Å². The number of aromatic nitrogens is 2. The molecule has 17 heavy (non-hydrogen) atoms. The molecule has 0 atom stereocenters. The van der Waals surface area contributed by atoms with Crippen molar-refractivity contribution in [3.05, 3.63) is 34.9 Å². The number of furan rings is 1. The second-order valence-corrected chi connectivity index (χ2v) is 4.15. The van der Waals surface area contributed by atoms with Crippen LogP contribution in [0.1, 0.15) is 11.3 Å². The molecule has 0 aliphatic heterocycles. The Bertz CT molecular complexity index is 506. The molecular formula is C11H13ClN4O. The smallest absolute Gasteiger partial charge is 0.223 e. The van der Waals surface area contributed by atoms with Crippen molar-refractivity contribution in [3.8, 4) is 0 Å². The number of aryl methyl sites for hydroxylation is 1.